The summed E-state index contributed by atoms with van der Waals surface area (Å²) in [5, 5.41) is 2.33. The van der Waals surface area contributed by atoms with Crippen molar-refractivity contribution in [2.24, 2.45) is 21.5 Å². The molecule has 0 radical (unpaired) electrons. The van der Waals surface area contributed by atoms with Crippen LogP contribution in [-0.4, -0.2) is 54.0 Å². The Bertz CT molecular complexity index is 1060. The molecule has 1 heterocycles. The molecule has 11 heteroatoms. The highest BCUT2D eigenvalue weighted by atomic mass is 16.6. The zero-order valence-corrected chi connectivity index (χ0v) is 20.4. The van der Waals surface area contributed by atoms with Crippen LogP contribution >= 0.6 is 0 Å². The normalized spacial score (nSPS) is 24.2. The van der Waals surface area contributed by atoms with Crippen molar-refractivity contribution in [3.8, 4) is 0 Å². The van der Waals surface area contributed by atoms with Crippen LogP contribution in [0.5, 0.6) is 0 Å². The highest BCUT2D eigenvalue weighted by Gasteiger charge is 2.30. The molecule has 0 bridgehead atoms. The zero-order chi connectivity index (χ0) is 28.8. The SMILES string of the molecule is [2H]C([2H])([2H])N1C(=NC(=O)OCc2ccccc2)NC(=O)CCCC/C=C/CCCC(C)OC(=O)C1N=C(N)N. The molecular weight excluding hydrogens is 464 g/mol. The van der Waals surface area contributed by atoms with Gasteiger partial charge in [0.15, 0.2) is 5.96 Å². The van der Waals surface area contributed by atoms with Gasteiger partial charge in [0.25, 0.3) is 0 Å². The van der Waals surface area contributed by atoms with Gasteiger partial charge in [-0.2, -0.15) is 0 Å². The van der Waals surface area contributed by atoms with Crippen molar-refractivity contribution in [3.63, 3.8) is 0 Å². The van der Waals surface area contributed by atoms with E-state index in [9.17, 15) is 14.4 Å². The van der Waals surface area contributed by atoms with Crippen molar-refractivity contribution in [3.05, 3.63) is 48.0 Å². The Hall–Kier alpha value is -3.89. The largest absolute Gasteiger partial charge is 0.460 e. The predicted octanol–water partition coefficient (Wildman–Crippen LogP) is 2.56. The number of nitrogens with one attached hydrogen (secondary N) is 1. The maximum absolute atomic E-state index is 13.2. The minimum Gasteiger partial charge on any atom is -0.460 e. The van der Waals surface area contributed by atoms with E-state index in [-0.39, 0.29) is 13.0 Å². The van der Waals surface area contributed by atoms with Gasteiger partial charge in [0.2, 0.25) is 18.0 Å². The van der Waals surface area contributed by atoms with Crippen molar-refractivity contribution >= 4 is 29.9 Å². The lowest BCUT2D eigenvalue weighted by Gasteiger charge is -2.27. The van der Waals surface area contributed by atoms with E-state index in [0.717, 1.165) is 19.3 Å². The highest BCUT2D eigenvalue weighted by Crippen LogP contribution is 2.12. The molecule has 5 N–H and O–H groups in total. The minimum absolute atomic E-state index is 0.00913. The Labute approximate surface area is 215 Å². The van der Waals surface area contributed by atoms with Gasteiger partial charge in [0, 0.05) is 17.5 Å². The second kappa shape index (κ2) is 15.2. The van der Waals surface area contributed by atoms with Gasteiger partial charge < -0.3 is 25.8 Å². The fourth-order valence-electron chi connectivity index (χ4n) is 3.26. The van der Waals surface area contributed by atoms with Gasteiger partial charge in [-0.1, -0.05) is 42.5 Å². The average Bonchev–Trinajstić information content (AvgIpc) is 2.85. The van der Waals surface area contributed by atoms with E-state index in [1.807, 2.05) is 12.2 Å². The van der Waals surface area contributed by atoms with Crippen molar-refractivity contribution in [1.82, 2.24) is 10.2 Å². The molecule has 0 saturated carbocycles. The van der Waals surface area contributed by atoms with Crippen LogP contribution in [0, 0.1) is 0 Å². The van der Waals surface area contributed by atoms with Crippen LogP contribution < -0.4 is 16.8 Å². The molecule has 36 heavy (non-hydrogen) atoms. The lowest BCUT2D eigenvalue weighted by molar-refractivity contribution is -0.153. The highest BCUT2D eigenvalue weighted by molar-refractivity contribution is 6.02. The first-order valence-corrected chi connectivity index (χ1v) is 11.8. The predicted molar refractivity (Wildman–Crippen MR) is 137 cm³/mol. The number of carbonyl (C=O) groups excluding carboxylic acids is 3. The number of nitrogens with two attached hydrogens (primary N) is 2. The topological polar surface area (TPSA) is 162 Å². The molecule has 196 valence electrons. The number of nitrogens with zero attached hydrogens (tertiary/aromatic N) is 3. The molecule has 1 aliphatic rings. The van der Waals surface area contributed by atoms with E-state index in [0.29, 0.717) is 29.7 Å². The summed E-state index contributed by atoms with van der Waals surface area (Å²) in [7, 11) is 0. The quantitative estimate of drug-likeness (QED) is 0.245. The molecule has 0 spiro atoms. The molecule has 2 rings (SSSR count). The third-order valence-corrected chi connectivity index (χ3v) is 5.10. The van der Waals surface area contributed by atoms with Gasteiger partial charge in [-0.05, 0) is 51.0 Å². The number of carbonyl (C=O) groups is 3. The van der Waals surface area contributed by atoms with Crippen molar-refractivity contribution in [1.29, 1.82) is 0 Å². The number of rotatable bonds is 3. The number of hydrogen-bond acceptors (Lipinski definition) is 6. The van der Waals surface area contributed by atoms with Gasteiger partial charge in [-0.15, -0.1) is 4.99 Å². The fourth-order valence-corrected chi connectivity index (χ4v) is 3.26. The first kappa shape index (κ1) is 23.8. The first-order chi connectivity index (χ1) is 18.5. The number of likely N-dealkylation sites (N-methyl/N-ethyl adjacent to an activating group) is 1. The monoisotopic (exact) mass is 503 g/mol. The molecule has 2 atom stereocenters. The third kappa shape index (κ3) is 10.6. The maximum Gasteiger partial charge on any atom is 0.437 e. The van der Waals surface area contributed by atoms with Gasteiger partial charge in [-0.3, -0.25) is 10.1 Å². The van der Waals surface area contributed by atoms with E-state index in [1.165, 1.54) is 0 Å². The molecule has 11 nitrogen and oxygen atoms in total. The maximum atomic E-state index is 13.2. The average molecular weight is 504 g/mol. The molecule has 1 aromatic rings. The molecule has 0 aliphatic carbocycles. The van der Waals surface area contributed by atoms with Crippen LogP contribution in [0.3, 0.4) is 0 Å². The van der Waals surface area contributed by atoms with Gasteiger partial charge >= 0.3 is 12.1 Å². The number of allylic oxidation sites excluding steroid dienone is 2. The molecule has 0 aromatic heterocycles. The van der Waals surface area contributed by atoms with Crippen LogP contribution in [0.25, 0.3) is 0 Å². The van der Waals surface area contributed by atoms with Gasteiger partial charge in [-0.25, -0.2) is 14.6 Å². The number of benzene rings is 1. The second-order valence-corrected chi connectivity index (χ2v) is 8.22. The number of aliphatic imine (C=N–C) groups is 2. The summed E-state index contributed by atoms with van der Waals surface area (Å²) < 4.78 is 34.9. The molecular formula is C25H36N6O5. The van der Waals surface area contributed by atoms with E-state index >= 15 is 0 Å². The van der Waals surface area contributed by atoms with Crippen LogP contribution in [0.1, 0.15) is 61.5 Å². The van der Waals surface area contributed by atoms with Crippen LogP contribution in [-0.2, 0) is 25.7 Å². The minimum atomic E-state index is -3.15. The fraction of sp³-hybridized carbons (Fsp3) is 0.480. The smallest absolute Gasteiger partial charge is 0.437 e. The lowest BCUT2D eigenvalue weighted by Crippen LogP contribution is -2.51. The van der Waals surface area contributed by atoms with Crippen LogP contribution in [0.4, 0.5) is 4.79 Å². The number of cyclic esters (lactones) is 1. The number of hydrogen-bond donors (Lipinski definition) is 3. The summed E-state index contributed by atoms with van der Waals surface area (Å²) in [6.45, 7) is -1.66. The zero-order valence-electron chi connectivity index (χ0n) is 23.4. The lowest BCUT2D eigenvalue weighted by atomic mass is 10.1. The number of guanidine groups is 2. The summed E-state index contributed by atoms with van der Waals surface area (Å²) in [5.41, 5.74) is 11.7. The Morgan fingerprint density at radius 1 is 1.19 bits per heavy atom. The molecule has 1 aromatic carbocycles. The molecule has 2 amide bonds. The van der Waals surface area contributed by atoms with E-state index < -0.39 is 49.1 Å². The second-order valence-electron chi connectivity index (χ2n) is 8.22. The van der Waals surface area contributed by atoms with Crippen LogP contribution in [0.15, 0.2) is 52.5 Å². The van der Waals surface area contributed by atoms with Crippen molar-refractivity contribution in [2.45, 2.75) is 70.7 Å². The van der Waals surface area contributed by atoms with Crippen molar-refractivity contribution < 1.29 is 28.0 Å². The van der Waals surface area contributed by atoms with E-state index in [1.54, 1.807) is 37.3 Å². The summed E-state index contributed by atoms with van der Waals surface area (Å²) in [5.74, 6) is -3.13. The molecule has 0 saturated heterocycles. The Kier molecular flexibility index (Phi) is 10.0. The Morgan fingerprint density at radius 3 is 2.61 bits per heavy atom. The molecule has 0 fully saturated rings. The van der Waals surface area contributed by atoms with Crippen LogP contribution in [0.2, 0.25) is 0 Å². The Morgan fingerprint density at radius 2 is 1.92 bits per heavy atom. The number of amides is 2. The summed E-state index contributed by atoms with van der Waals surface area (Å²) in [6.07, 6.45) is 4.23. The molecule has 2 unspecified atom stereocenters. The van der Waals surface area contributed by atoms with Crippen molar-refractivity contribution in [2.75, 3.05) is 6.98 Å². The van der Waals surface area contributed by atoms with Gasteiger partial charge in [0.05, 0.1) is 6.10 Å². The molecule has 1 aliphatic heterocycles. The first-order valence-electron chi connectivity index (χ1n) is 13.3. The standard InChI is InChI=1S/C25H36N6O5/c1-18-13-9-6-4-3-5-7-12-16-20(32)28-24(31(2)21(22(33)36-18)29-23(26)27)30-25(34)35-17-19-14-10-8-11-15-19/h3-4,8,10-11,14-15,18,21H,5-7,9,12-13,16-17H2,1-2H3,(H4,26,27,29)(H,28,30,32,34)/b4-3+/i2D3. The Balaban J connectivity index is 2.49. The van der Waals surface area contributed by atoms with E-state index in [2.05, 4.69) is 15.3 Å². The van der Waals surface area contributed by atoms with E-state index in [4.69, 9.17) is 25.1 Å². The summed E-state index contributed by atoms with van der Waals surface area (Å²) >= 11 is 0. The number of esters is 1. The summed E-state index contributed by atoms with van der Waals surface area (Å²) in [4.78, 5) is 46.4. The third-order valence-electron chi connectivity index (χ3n) is 5.10. The number of ether oxygens (including phenoxy) is 2. The summed E-state index contributed by atoms with van der Waals surface area (Å²) in [6, 6.07) is 8.71. The van der Waals surface area contributed by atoms with Gasteiger partial charge in [0.1, 0.15) is 6.61 Å².